The Bertz CT molecular complexity index is 296. The second-order valence-electron chi connectivity index (χ2n) is 4.84. The van der Waals surface area contributed by atoms with Crippen molar-refractivity contribution in [3.63, 3.8) is 0 Å². The lowest BCUT2D eigenvalue weighted by Crippen LogP contribution is -3.09. The minimum Gasteiger partial charge on any atom is -0.342 e. The monoisotopic (exact) mass is 254 g/mol. The summed E-state index contributed by atoms with van der Waals surface area (Å²) in [5.74, 6) is 1.23. The number of rotatable bonds is 8. The van der Waals surface area contributed by atoms with Gasteiger partial charge in [0.05, 0.1) is 20.6 Å². The van der Waals surface area contributed by atoms with Crippen molar-refractivity contribution >= 4 is 11.8 Å². The maximum absolute atomic E-state index is 2.43. The van der Waals surface area contributed by atoms with Crippen molar-refractivity contribution in [2.45, 2.75) is 18.2 Å². The second kappa shape index (κ2) is 8.56. The largest absolute Gasteiger partial charge is 0.342 e. The summed E-state index contributed by atoms with van der Waals surface area (Å²) in [4.78, 5) is 2.93. The Hall–Kier alpha value is -0.510. The van der Waals surface area contributed by atoms with Crippen molar-refractivity contribution in [1.82, 2.24) is 0 Å². The van der Waals surface area contributed by atoms with E-state index in [9.17, 15) is 0 Å². The normalized spacial score (nSPS) is 11.1. The quantitative estimate of drug-likeness (QED) is 0.501. The first kappa shape index (κ1) is 14.6. The zero-order chi connectivity index (χ0) is 12.5. The van der Waals surface area contributed by atoms with Crippen molar-refractivity contribution in [1.29, 1.82) is 0 Å². The molecule has 0 fully saturated rings. The molecule has 0 aromatic heterocycles. The zero-order valence-electron chi connectivity index (χ0n) is 11.3. The van der Waals surface area contributed by atoms with Gasteiger partial charge in [-0.15, -0.1) is 11.8 Å². The highest BCUT2D eigenvalue weighted by Gasteiger charge is 1.97. The molecular weight excluding hydrogens is 228 g/mol. The average molecular weight is 254 g/mol. The average Bonchev–Trinajstić information content (AvgIpc) is 2.30. The van der Waals surface area contributed by atoms with E-state index in [0.717, 1.165) is 0 Å². The molecule has 0 heterocycles. The van der Waals surface area contributed by atoms with Crippen LogP contribution in [0.4, 0.5) is 0 Å². The molecule has 2 nitrogen and oxygen atoms in total. The van der Waals surface area contributed by atoms with E-state index in [0.29, 0.717) is 0 Å². The first-order valence-corrected chi connectivity index (χ1v) is 7.47. The van der Waals surface area contributed by atoms with Crippen LogP contribution in [0.5, 0.6) is 0 Å². The molecule has 1 aromatic carbocycles. The number of likely N-dealkylation sites (N-methyl/N-ethyl adjacent to an activating group) is 1. The molecule has 0 aliphatic rings. The van der Waals surface area contributed by atoms with Crippen LogP contribution in [0.25, 0.3) is 0 Å². The van der Waals surface area contributed by atoms with Gasteiger partial charge in [0.25, 0.3) is 0 Å². The van der Waals surface area contributed by atoms with Gasteiger partial charge < -0.3 is 10.2 Å². The SMILES string of the molecule is Cc1ccc(SCCC[NH2+]CC[NH+](C)C)cc1. The number of hydrogen-bond donors (Lipinski definition) is 2. The van der Waals surface area contributed by atoms with Gasteiger partial charge in [-0.3, -0.25) is 0 Å². The topological polar surface area (TPSA) is 21.1 Å². The van der Waals surface area contributed by atoms with E-state index in [1.165, 1.54) is 47.2 Å². The van der Waals surface area contributed by atoms with Crippen LogP contribution in [-0.2, 0) is 0 Å². The zero-order valence-corrected chi connectivity index (χ0v) is 12.1. The standard InChI is InChI=1S/C14H24N2S/c1-13-5-7-14(8-6-13)17-12-4-9-15-10-11-16(2)3/h5-8,15H,4,9-12H2,1-3H3/p+2. The Balaban J connectivity index is 1.99. The number of aryl methyl sites for hydroxylation is 1. The Morgan fingerprint density at radius 2 is 1.82 bits per heavy atom. The Morgan fingerprint density at radius 3 is 2.47 bits per heavy atom. The summed E-state index contributed by atoms with van der Waals surface area (Å²) in [7, 11) is 4.42. The fourth-order valence-corrected chi connectivity index (χ4v) is 2.46. The predicted molar refractivity (Wildman–Crippen MR) is 75.9 cm³/mol. The van der Waals surface area contributed by atoms with Gasteiger partial charge in [-0.25, -0.2) is 0 Å². The second-order valence-corrected chi connectivity index (χ2v) is 6.01. The van der Waals surface area contributed by atoms with Crippen LogP contribution < -0.4 is 10.2 Å². The lowest BCUT2D eigenvalue weighted by Gasteiger charge is -2.06. The van der Waals surface area contributed by atoms with Crippen LogP contribution in [0, 0.1) is 6.92 Å². The molecular formula is C14H26N2S+2. The first-order valence-electron chi connectivity index (χ1n) is 6.48. The highest BCUT2D eigenvalue weighted by molar-refractivity contribution is 7.99. The van der Waals surface area contributed by atoms with Crippen molar-refractivity contribution in [2.24, 2.45) is 0 Å². The van der Waals surface area contributed by atoms with Crippen molar-refractivity contribution in [3.8, 4) is 0 Å². The third kappa shape index (κ3) is 7.42. The maximum Gasteiger partial charge on any atom is 0.126 e. The molecule has 3 N–H and O–H groups in total. The molecule has 0 bridgehead atoms. The lowest BCUT2D eigenvalue weighted by molar-refractivity contribution is -0.874. The number of nitrogens with one attached hydrogen (secondary N) is 1. The summed E-state index contributed by atoms with van der Waals surface area (Å²) in [6, 6.07) is 8.82. The van der Waals surface area contributed by atoms with Crippen molar-refractivity contribution < 1.29 is 10.2 Å². The lowest BCUT2D eigenvalue weighted by atomic mass is 10.2. The molecule has 0 spiro atoms. The van der Waals surface area contributed by atoms with Crippen molar-refractivity contribution in [3.05, 3.63) is 29.8 Å². The van der Waals surface area contributed by atoms with Gasteiger partial charge >= 0.3 is 0 Å². The first-order chi connectivity index (χ1) is 8.18. The fraction of sp³-hybridized carbons (Fsp3) is 0.571. The minimum absolute atomic E-state index is 1.23. The summed E-state index contributed by atoms with van der Waals surface area (Å²) in [5.41, 5.74) is 1.34. The number of thioether (sulfide) groups is 1. The van der Waals surface area contributed by atoms with E-state index < -0.39 is 0 Å². The van der Waals surface area contributed by atoms with Crippen LogP contribution >= 0.6 is 11.8 Å². The van der Waals surface area contributed by atoms with Gasteiger partial charge in [-0.1, -0.05) is 17.7 Å². The number of benzene rings is 1. The summed E-state index contributed by atoms with van der Waals surface area (Å²) in [5, 5.41) is 2.43. The van der Waals surface area contributed by atoms with Crippen LogP contribution in [0.2, 0.25) is 0 Å². The van der Waals surface area contributed by atoms with E-state index in [2.05, 4.69) is 50.6 Å². The van der Waals surface area contributed by atoms with E-state index in [4.69, 9.17) is 0 Å². The van der Waals surface area contributed by atoms with E-state index in [-0.39, 0.29) is 0 Å². The third-order valence-electron chi connectivity index (χ3n) is 2.69. The van der Waals surface area contributed by atoms with Gasteiger partial charge in [0.15, 0.2) is 0 Å². The molecule has 1 rings (SSSR count). The Kier molecular flexibility index (Phi) is 7.33. The molecule has 0 aliphatic heterocycles. The molecule has 3 heteroatoms. The van der Waals surface area contributed by atoms with Gasteiger partial charge in [0, 0.05) is 17.1 Å². The third-order valence-corrected chi connectivity index (χ3v) is 3.79. The molecule has 0 radical (unpaired) electrons. The fourth-order valence-electron chi connectivity index (χ4n) is 1.59. The van der Waals surface area contributed by atoms with Gasteiger partial charge in [0.2, 0.25) is 0 Å². The van der Waals surface area contributed by atoms with Gasteiger partial charge in [-0.2, -0.15) is 0 Å². The molecule has 0 aliphatic carbocycles. The minimum atomic E-state index is 1.23. The molecule has 96 valence electrons. The van der Waals surface area contributed by atoms with E-state index in [1.807, 2.05) is 11.8 Å². The number of hydrogen-bond acceptors (Lipinski definition) is 1. The summed E-state index contributed by atoms with van der Waals surface area (Å²) >= 11 is 1.97. The molecule has 0 atom stereocenters. The summed E-state index contributed by atoms with van der Waals surface area (Å²) < 4.78 is 0. The maximum atomic E-state index is 2.43. The van der Waals surface area contributed by atoms with Crippen LogP contribution in [0.1, 0.15) is 12.0 Å². The van der Waals surface area contributed by atoms with Gasteiger partial charge in [0.1, 0.15) is 13.1 Å². The summed E-state index contributed by atoms with van der Waals surface area (Å²) in [6.45, 7) is 5.89. The smallest absolute Gasteiger partial charge is 0.126 e. The highest BCUT2D eigenvalue weighted by Crippen LogP contribution is 2.18. The van der Waals surface area contributed by atoms with Crippen LogP contribution in [0.3, 0.4) is 0 Å². The Morgan fingerprint density at radius 1 is 1.12 bits per heavy atom. The molecule has 0 saturated carbocycles. The van der Waals surface area contributed by atoms with E-state index in [1.54, 1.807) is 0 Å². The Labute approximate surface area is 110 Å². The molecule has 1 aromatic rings. The number of quaternary nitrogens is 2. The van der Waals surface area contributed by atoms with Crippen molar-refractivity contribution in [2.75, 3.05) is 39.5 Å². The predicted octanol–water partition coefficient (Wildman–Crippen LogP) is 0.185. The van der Waals surface area contributed by atoms with E-state index >= 15 is 0 Å². The van der Waals surface area contributed by atoms with Crippen LogP contribution in [0.15, 0.2) is 29.2 Å². The summed E-state index contributed by atoms with van der Waals surface area (Å²) in [6.07, 6.45) is 1.29. The highest BCUT2D eigenvalue weighted by atomic mass is 32.2. The molecule has 0 amide bonds. The van der Waals surface area contributed by atoms with Gasteiger partial charge in [-0.05, 0) is 19.1 Å². The number of nitrogens with two attached hydrogens (primary N) is 1. The molecule has 0 unspecified atom stereocenters. The molecule has 0 saturated heterocycles. The molecule has 17 heavy (non-hydrogen) atoms. The van der Waals surface area contributed by atoms with Crippen LogP contribution in [-0.4, -0.2) is 39.5 Å².